The Kier molecular flexibility index (Phi) is 6.46. The van der Waals surface area contributed by atoms with Gasteiger partial charge in [0, 0.05) is 13.1 Å². The lowest BCUT2D eigenvalue weighted by Crippen LogP contribution is -2.31. The van der Waals surface area contributed by atoms with E-state index in [-0.39, 0.29) is 6.42 Å². The Morgan fingerprint density at radius 1 is 1.25 bits per heavy atom. The minimum Gasteiger partial charge on any atom is -0.481 e. The average Bonchev–Trinajstić information content (AvgIpc) is 2.52. The molecule has 0 atom stereocenters. The van der Waals surface area contributed by atoms with Crippen LogP contribution in [0.25, 0.3) is 0 Å². The molecule has 0 aromatic rings. The lowest BCUT2D eigenvalue weighted by molar-refractivity contribution is -0.137. The Balaban J connectivity index is 2.27. The molecule has 16 heavy (non-hydrogen) atoms. The zero-order valence-corrected chi connectivity index (χ0v) is 10.5. The van der Waals surface area contributed by atoms with Gasteiger partial charge in [-0.15, -0.1) is 0 Å². The van der Waals surface area contributed by atoms with Crippen molar-refractivity contribution in [2.24, 2.45) is 5.92 Å². The Labute approximate surface area is 98.8 Å². The Morgan fingerprint density at radius 3 is 2.38 bits per heavy atom. The standard InChI is InChI=1S/C13H25NO2/c1-2-14(10-9-13(15)16)11-12-7-5-3-4-6-8-12/h12H,2-11H2,1H3,(H,15,16). The fourth-order valence-electron chi connectivity index (χ4n) is 2.54. The highest BCUT2D eigenvalue weighted by Crippen LogP contribution is 2.23. The summed E-state index contributed by atoms with van der Waals surface area (Å²) in [5.41, 5.74) is 0. The van der Waals surface area contributed by atoms with E-state index in [4.69, 9.17) is 5.11 Å². The molecule has 0 spiro atoms. The number of rotatable bonds is 6. The van der Waals surface area contributed by atoms with Crippen LogP contribution in [0.1, 0.15) is 51.9 Å². The van der Waals surface area contributed by atoms with Gasteiger partial charge in [-0.05, 0) is 25.3 Å². The maximum Gasteiger partial charge on any atom is 0.304 e. The first kappa shape index (κ1) is 13.5. The lowest BCUT2D eigenvalue weighted by Gasteiger charge is -2.25. The topological polar surface area (TPSA) is 40.5 Å². The highest BCUT2D eigenvalue weighted by atomic mass is 16.4. The highest BCUT2D eigenvalue weighted by Gasteiger charge is 2.15. The molecule has 1 rings (SSSR count). The van der Waals surface area contributed by atoms with Crippen molar-refractivity contribution in [2.45, 2.75) is 51.9 Å². The second-order valence-corrected chi connectivity index (χ2v) is 4.89. The molecular weight excluding hydrogens is 202 g/mol. The van der Waals surface area contributed by atoms with E-state index >= 15 is 0 Å². The summed E-state index contributed by atoms with van der Waals surface area (Å²) in [4.78, 5) is 12.8. The first-order valence-electron chi connectivity index (χ1n) is 6.66. The van der Waals surface area contributed by atoms with E-state index in [9.17, 15) is 4.79 Å². The van der Waals surface area contributed by atoms with Gasteiger partial charge >= 0.3 is 5.97 Å². The van der Waals surface area contributed by atoms with Crippen molar-refractivity contribution in [3.8, 4) is 0 Å². The molecule has 3 heteroatoms. The summed E-state index contributed by atoms with van der Waals surface area (Å²) in [6, 6.07) is 0. The molecule has 0 aromatic heterocycles. The molecule has 0 saturated heterocycles. The number of carboxylic acids is 1. The normalized spacial score (nSPS) is 18.6. The van der Waals surface area contributed by atoms with Crippen molar-refractivity contribution >= 4 is 5.97 Å². The van der Waals surface area contributed by atoms with Crippen LogP contribution in [0.4, 0.5) is 0 Å². The van der Waals surface area contributed by atoms with Crippen LogP contribution in [-0.4, -0.2) is 35.6 Å². The molecule has 0 bridgehead atoms. The van der Waals surface area contributed by atoms with Crippen LogP contribution in [0.3, 0.4) is 0 Å². The van der Waals surface area contributed by atoms with Crippen molar-refractivity contribution in [2.75, 3.05) is 19.6 Å². The van der Waals surface area contributed by atoms with Crippen molar-refractivity contribution in [3.05, 3.63) is 0 Å². The number of carbonyl (C=O) groups is 1. The summed E-state index contributed by atoms with van der Waals surface area (Å²) in [7, 11) is 0. The number of aliphatic carboxylic acids is 1. The number of carboxylic acid groups (broad SMARTS) is 1. The van der Waals surface area contributed by atoms with Gasteiger partial charge in [-0.2, -0.15) is 0 Å². The van der Waals surface area contributed by atoms with E-state index in [1.807, 2.05) is 0 Å². The van der Waals surface area contributed by atoms with Crippen LogP contribution < -0.4 is 0 Å². The molecule has 0 aromatic carbocycles. The van der Waals surface area contributed by atoms with E-state index in [0.717, 1.165) is 19.0 Å². The van der Waals surface area contributed by atoms with Gasteiger partial charge in [0.05, 0.1) is 6.42 Å². The lowest BCUT2D eigenvalue weighted by atomic mass is 10.00. The van der Waals surface area contributed by atoms with Crippen LogP contribution >= 0.6 is 0 Å². The molecule has 0 unspecified atom stereocenters. The van der Waals surface area contributed by atoms with Gasteiger partial charge in [-0.1, -0.05) is 32.6 Å². The number of hydrogen-bond donors (Lipinski definition) is 1. The largest absolute Gasteiger partial charge is 0.481 e. The van der Waals surface area contributed by atoms with Gasteiger partial charge in [0.15, 0.2) is 0 Å². The average molecular weight is 227 g/mol. The third-order valence-corrected chi connectivity index (χ3v) is 3.58. The molecule has 0 heterocycles. The third-order valence-electron chi connectivity index (χ3n) is 3.58. The molecule has 0 aliphatic heterocycles. The van der Waals surface area contributed by atoms with Crippen molar-refractivity contribution < 1.29 is 9.90 Å². The van der Waals surface area contributed by atoms with Gasteiger partial charge in [0.25, 0.3) is 0 Å². The summed E-state index contributed by atoms with van der Waals surface area (Å²) >= 11 is 0. The minimum absolute atomic E-state index is 0.278. The van der Waals surface area contributed by atoms with E-state index < -0.39 is 5.97 Å². The van der Waals surface area contributed by atoms with E-state index in [1.54, 1.807) is 0 Å². The van der Waals surface area contributed by atoms with Crippen LogP contribution in [0.15, 0.2) is 0 Å². The molecule has 1 aliphatic rings. The van der Waals surface area contributed by atoms with Gasteiger partial charge in [-0.25, -0.2) is 0 Å². The quantitative estimate of drug-likeness (QED) is 0.709. The van der Waals surface area contributed by atoms with Gasteiger partial charge in [0.1, 0.15) is 0 Å². The van der Waals surface area contributed by atoms with Gasteiger partial charge in [0.2, 0.25) is 0 Å². The minimum atomic E-state index is -0.681. The molecule has 1 fully saturated rings. The monoisotopic (exact) mass is 227 g/mol. The predicted octanol–water partition coefficient (Wildman–Crippen LogP) is 2.75. The third kappa shape index (κ3) is 5.50. The summed E-state index contributed by atoms with van der Waals surface area (Å²) in [6.45, 7) is 4.91. The first-order chi connectivity index (χ1) is 7.72. The first-order valence-corrected chi connectivity index (χ1v) is 6.66. The predicted molar refractivity (Wildman–Crippen MR) is 65.6 cm³/mol. The maximum absolute atomic E-state index is 10.5. The second-order valence-electron chi connectivity index (χ2n) is 4.89. The zero-order chi connectivity index (χ0) is 11.8. The summed E-state index contributed by atoms with van der Waals surface area (Å²) in [5, 5.41) is 8.68. The molecule has 0 radical (unpaired) electrons. The van der Waals surface area contributed by atoms with Crippen LogP contribution in [0.2, 0.25) is 0 Å². The second kappa shape index (κ2) is 7.66. The van der Waals surface area contributed by atoms with E-state index in [2.05, 4.69) is 11.8 Å². The zero-order valence-electron chi connectivity index (χ0n) is 10.5. The van der Waals surface area contributed by atoms with Crippen LogP contribution in [0.5, 0.6) is 0 Å². The van der Waals surface area contributed by atoms with Crippen molar-refractivity contribution in [1.29, 1.82) is 0 Å². The summed E-state index contributed by atoms with van der Waals surface area (Å²) < 4.78 is 0. The maximum atomic E-state index is 10.5. The highest BCUT2D eigenvalue weighted by molar-refractivity contribution is 5.66. The van der Waals surface area contributed by atoms with Gasteiger partial charge < -0.3 is 10.0 Å². The van der Waals surface area contributed by atoms with E-state index in [1.165, 1.54) is 38.5 Å². The molecular formula is C13H25NO2. The number of nitrogens with zero attached hydrogens (tertiary/aromatic N) is 1. The Morgan fingerprint density at radius 2 is 1.88 bits per heavy atom. The fourth-order valence-corrected chi connectivity index (χ4v) is 2.54. The molecule has 3 nitrogen and oxygen atoms in total. The molecule has 94 valence electrons. The van der Waals surface area contributed by atoms with Gasteiger partial charge in [-0.3, -0.25) is 4.79 Å². The summed E-state index contributed by atoms with van der Waals surface area (Å²) in [6.07, 6.45) is 8.45. The molecule has 1 N–H and O–H groups in total. The van der Waals surface area contributed by atoms with Crippen LogP contribution in [-0.2, 0) is 4.79 Å². The molecule has 1 saturated carbocycles. The van der Waals surface area contributed by atoms with Crippen molar-refractivity contribution in [3.63, 3.8) is 0 Å². The van der Waals surface area contributed by atoms with E-state index in [0.29, 0.717) is 6.54 Å². The van der Waals surface area contributed by atoms with Crippen LogP contribution in [0, 0.1) is 5.92 Å². The molecule has 1 aliphatic carbocycles. The summed E-state index contributed by atoms with van der Waals surface area (Å²) in [5.74, 6) is 0.121. The smallest absolute Gasteiger partial charge is 0.304 e. The Bertz CT molecular complexity index is 198. The Hall–Kier alpha value is -0.570. The number of hydrogen-bond acceptors (Lipinski definition) is 2. The fraction of sp³-hybridized carbons (Fsp3) is 0.923. The van der Waals surface area contributed by atoms with Crippen molar-refractivity contribution in [1.82, 2.24) is 4.90 Å². The SMILES string of the molecule is CCN(CCC(=O)O)CC1CCCCCC1. The molecule has 0 amide bonds.